The van der Waals surface area contributed by atoms with Crippen LogP contribution in [0.3, 0.4) is 0 Å². The van der Waals surface area contributed by atoms with Crippen molar-refractivity contribution in [1.82, 2.24) is 9.62 Å². The molecule has 2 fully saturated rings. The molecule has 2 aliphatic rings. The molecule has 1 saturated carbocycles. The maximum atomic E-state index is 13.3. The number of carbonyl (C=O) groups is 1. The number of amides is 1. The summed E-state index contributed by atoms with van der Waals surface area (Å²) in [4.78, 5) is 11.7. The van der Waals surface area contributed by atoms with Crippen LogP contribution in [0.2, 0.25) is 0 Å². The highest BCUT2D eigenvalue weighted by Crippen LogP contribution is 2.30. The lowest BCUT2D eigenvalue weighted by molar-refractivity contribution is -0.123. The molecular weight excluding hydrogens is 346 g/mol. The summed E-state index contributed by atoms with van der Waals surface area (Å²) in [7, 11) is -4.13. The molecule has 1 aromatic carbocycles. The Labute approximate surface area is 137 Å². The third-order valence-corrected chi connectivity index (χ3v) is 6.86. The number of carbonyl (C=O) groups excluding carboxylic acids is 1. The zero-order chi connectivity index (χ0) is 16.6. The second kappa shape index (κ2) is 6.37. The molecule has 9 heteroatoms. The summed E-state index contributed by atoms with van der Waals surface area (Å²) < 4.78 is 52.8. The Morgan fingerprint density at radius 3 is 2.52 bits per heavy atom. The lowest BCUT2D eigenvalue weighted by Gasteiger charge is -2.22. The van der Waals surface area contributed by atoms with Crippen molar-refractivity contribution < 1.29 is 22.0 Å². The molecule has 0 aromatic heterocycles. The van der Waals surface area contributed by atoms with E-state index in [4.69, 9.17) is 0 Å². The summed E-state index contributed by atoms with van der Waals surface area (Å²) in [6.07, 6.45) is 2.15. The van der Waals surface area contributed by atoms with Gasteiger partial charge in [-0.3, -0.25) is 4.79 Å². The average molecular weight is 362 g/mol. The van der Waals surface area contributed by atoms with E-state index in [-0.39, 0.29) is 11.8 Å². The molecule has 1 aromatic rings. The van der Waals surface area contributed by atoms with Gasteiger partial charge in [-0.15, -0.1) is 11.8 Å². The molecule has 3 rings (SSSR count). The normalized spacial score (nSPS) is 22.3. The van der Waals surface area contributed by atoms with Crippen molar-refractivity contribution in [3.05, 3.63) is 29.8 Å². The van der Waals surface area contributed by atoms with E-state index in [1.54, 1.807) is 0 Å². The summed E-state index contributed by atoms with van der Waals surface area (Å²) in [5.41, 5.74) is 0. The summed E-state index contributed by atoms with van der Waals surface area (Å²) in [6, 6.07) is 1.29. The monoisotopic (exact) mass is 362 g/mol. The van der Waals surface area contributed by atoms with E-state index >= 15 is 0 Å². The van der Waals surface area contributed by atoms with Crippen molar-refractivity contribution in [2.45, 2.75) is 23.8 Å². The number of benzene rings is 1. The molecule has 1 N–H and O–H groups in total. The minimum absolute atomic E-state index is 0.0853. The molecule has 0 unspecified atom stereocenters. The SMILES string of the molecule is O=C(NCC1CC1)[C@@H]1CSCN1S(=O)(=O)c1cc(F)cc(F)c1. The van der Waals surface area contributed by atoms with Crippen molar-refractivity contribution in [3.8, 4) is 0 Å². The lowest BCUT2D eigenvalue weighted by atomic mass is 10.3. The molecule has 0 radical (unpaired) electrons. The highest BCUT2D eigenvalue weighted by molar-refractivity contribution is 8.00. The minimum Gasteiger partial charge on any atom is -0.354 e. The number of nitrogens with zero attached hydrogens (tertiary/aromatic N) is 1. The van der Waals surface area contributed by atoms with Crippen molar-refractivity contribution in [1.29, 1.82) is 0 Å². The number of nitrogens with one attached hydrogen (secondary N) is 1. The van der Waals surface area contributed by atoms with Crippen molar-refractivity contribution in [2.75, 3.05) is 18.2 Å². The zero-order valence-corrected chi connectivity index (χ0v) is 13.8. The van der Waals surface area contributed by atoms with Crippen LogP contribution in [0.1, 0.15) is 12.8 Å². The summed E-state index contributed by atoms with van der Waals surface area (Å²) in [6.45, 7) is 0.544. The first kappa shape index (κ1) is 16.7. The summed E-state index contributed by atoms with van der Waals surface area (Å²) in [5.74, 6) is -1.40. The number of thioether (sulfide) groups is 1. The van der Waals surface area contributed by atoms with Gasteiger partial charge in [0.15, 0.2) is 0 Å². The van der Waals surface area contributed by atoms with Gasteiger partial charge in [0.1, 0.15) is 17.7 Å². The Hall–Kier alpha value is -1.19. The molecular formula is C14H16F2N2O3S2. The molecule has 1 aliphatic carbocycles. The maximum Gasteiger partial charge on any atom is 0.244 e. The maximum absolute atomic E-state index is 13.3. The Balaban J connectivity index is 1.80. The molecule has 126 valence electrons. The van der Waals surface area contributed by atoms with Crippen LogP contribution in [0.4, 0.5) is 8.78 Å². The number of hydrogen-bond acceptors (Lipinski definition) is 4. The first-order valence-electron chi connectivity index (χ1n) is 7.21. The molecule has 1 atom stereocenters. The van der Waals surface area contributed by atoms with Gasteiger partial charge in [-0.25, -0.2) is 17.2 Å². The predicted octanol–water partition coefficient (Wildman–Crippen LogP) is 1.55. The molecule has 0 spiro atoms. The van der Waals surface area contributed by atoms with Gasteiger partial charge >= 0.3 is 0 Å². The Morgan fingerprint density at radius 1 is 1.26 bits per heavy atom. The molecule has 1 heterocycles. The molecule has 1 saturated heterocycles. The Morgan fingerprint density at radius 2 is 1.91 bits per heavy atom. The fourth-order valence-corrected chi connectivity index (χ4v) is 5.56. The van der Waals surface area contributed by atoms with E-state index < -0.39 is 32.6 Å². The van der Waals surface area contributed by atoms with Gasteiger partial charge in [0.2, 0.25) is 15.9 Å². The molecule has 0 bridgehead atoms. The van der Waals surface area contributed by atoms with Crippen molar-refractivity contribution in [2.24, 2.45) is 5.92 Å². The molecule has 5 nitrogen and oxygen atoms in total. The first-order chi connectivity index (χ1) is 10.9. The number of rotatable bonds is 5. The van der Waals surface area contributed by atoms with E-state index in [0.29, 0.717) is 24.3 Å². The van der Waals surface area contributed by atoms with E-state index in [1.807, 2.05) is 0 Å². The van der Waals surface area contributed by atoms with Gasteiger partial charge in [0.25, 0.3) is 0 Å². The molecule has 1 aliphatic heterocycles. The zero-order valence-electron chi connectivity index (χ0n) is 12.2. The van der Waals surface area contributed by atoms with Gasteiger partial charge in [0.05, 0.1) is 10.8 Å². The minimum atomic E-state index is -4.13. The third-order valence-electron chi connectivity index (χ3n) is 3.85. The molecule has 23 heavy (non-hydrogen) atoms. The van der Waals surface area contributed by atoms with Crippen LogP contribution < -0.4 is 5.32 Å². The van der Waals surface area contributed by atoms with Crippen LogP contribution in [-0.4, -0.2) is 42.8 Å². The van der Waals surface area contributed by atoms with Crippen LogP contribution >= 0.6 is 11.8 Å². The number of halogens is 2. The third kappa shape index (κ3) is 3.67. The highest BCUT2D eigenvalue weighted by atomic mass is 32.2. The Bertz CT molecular complexity index is 702. The predicted molar refractivity (Wildman–Crippen MR) is 82.2 cm³/mol. The largest absolute Gasteiger partial charge is 0.354 e. The van der Waals surface area contributed by atoms with Crippen LogP contribution in [-0.2, 0) is 14.8 Å². The van der Waals surface area contributed by atoms with Crippen LogP contribution in [0.15, 0.2) is 23.1 Å². The lowest BCUT2D eigenvalue weighted by Crippen LogP contribution is -2.47. The number of hydrogen-bond donors (Lipinski definition) is 1. The quantitative estimate of drug-likeness (QED) is 0.863. The second-order valence-electron chi connectivity index (χ2n) is 5.70. The van der Waals surface area contributed by atoms with Gasteiger partial charge < -0.3 is 5.32 Å². The molecule has 1 amide bonds. The highest BCUT2D eigenvalue weighted by Gasteiger charge is 2.40. The van der Waals surface area contributed by atoms with E-state index in [9.17, 15) is 22.0 Å². The van der Waals surface area contributed by atoms with Crippen LogP contribution in [0.25, 0.3) is 0 Å². The van der Waals surface area contributed by atoms with Crippen molar-refractivity contribution >= 4 is 27.7 Å². The van der Waals surface area contributed by atoms with E-state index in [0.717, 1.165) is 29.3 Å². The average Bonchev–Trinajstić information content (AvgIpc) is 3.17. The number of sulfonamides is 1. The van der Waals surface area contributed by atoms with E-state index in [2.05, 4.69) is 5.32 Å². The smallest absolute Gasteiger partial charge is 0.244 e. The van der Waals surface area contributed by atoms with Crippen LogP contribution in [0, 0.1) is 17.6 Å². The van der Waals surface area contributed by atoms with Gasteiger partial charge in [-0.1, -0.05) is 0 Å². The van der Waals surface area contributed by atoms with Crippen LogP contribution in [0.5, 0.6) is 0 Å². The van der Waals surface area contributed by atoms with Crippen molar-refractivity contribution in [3.63, 3.8) is 0 Å². The van der Waals surface area contributed by atoms with Gasteiger partial charge in [0, 0.05) is 18.4 Å². The van der Waals surface area contributed by atoms with Gasteiger partial charge in [-0.05, 0) is 30.9 Å². The fourth-order valence-electron chi connectivity index (χ4n) is 2.37. The standard InChI is InChI=1S/C14H16F2N2O3S2/c15-10-3-11(16)5-12(4-10)23(20,21)18-8-22-7-13(18)14(19)17-6-9-1-2-9/h3-5,9,13H,1-2,6-8H2,(H,17,19)/t13-/m0/s1. The van der Waals surface area contributed by atoms with Gasteiger partial charge in [-0.2, -0.15) is 4.31 Å². The summed E-state index contributed by atoms with van der Waals surface area (Å²) in [5, 5.41) is 2.76. The second-order valence-corrected chi connectivity index (χ2v) is 8.59. The Kier molecular flexibility index (Phi) is 4.61. The first-order valence-corrected chi connectivity index (χ1v) is 9.81. The van der Waals surface area contributed by atoms with E-state index in [1.165, 1.54) is 11.8 Å². The fraction of sp³-hybridized carbons (Fsp3) is 0.500. The topological polar surface area (TPSA) is 66.5 Å². The summed E-state index contributed by atoms with van der Waals surface area (Å²) >= 11 is 1.30.